The number of benzene rings is 1. The lowest BCUT2D eigenvalue weighted by molar-refractivity contribution is -0.156. The Balaban J connectivity index is 2.27. The van der Waals surface area contributed by atoms with E-state index in [9.17, 15) is 4.79 Å². The molecule has 0 amide bonds. The molecule has 4 heteroatoms. The second kappa shape index (κ2) is 10.1. The fraction of sp³-hybridized carbons (Fsp3) is 0.667. The molecular weight excluding hydrogens is 348 g/mol. The van der Waals surface area contributed by atoms with Gasteiger partial charge in [0.05, 0.1) is 0 Å². The van der Waals surface area contributed by atoms with Gasteiger partial charge in [0, 0.05) is 19.2 Å². The van der Waals surface area contributed by atoms with Crippen molar-refractivity contribution in [3.8, 4) is 0 Å². The van der Waals surface area contributed by atoms with Crippen molar-refractivity contribution in [1.82, 2.24) is 0 Å². The van der Waals surface area contributed by atoms with Crippen LogP contribution in [-0.2, 0) is 9.53 Å². The van der Waals surface area contributed by atoms with Crippen LogP contribution in [0.25, 0.3) is 0 Å². The molecule has 4 nitrogen and oxygen atoms in total. The van der Waals surface area contributed by atoms with E-state index in [2.05, 4.69) is 51.7 Å². The summed E-state index contributed by atoms with van der Waals surface area (Å²) in [5.41, 5.74) is 2.15. The zero-order chi connectivity index (χ0) is 20.8. The van der Waals surface area contributed by atoms with Gasteiger partial charge in [-0.2, -0.15) is 0 Å². The van der Waals surface area contributed by atoms with Crippen LogP contribution in [0.4, 0.5) is 5.69 Å². The number of hydrogen-bond donors (Lipinski definition) is 0. The van der Waals surface area contributed by atoms with Crippen LogP contribution >= 0.6 is 0 Å². The van der Waals surface area contributed by atoms with Gasteiger partial charge in [0.2, 0.25) is 0 Å². The van der Waals surface area contributed by atoms with Crippen molar-refractivity contribution in [3.05, 3.63) is 29.8 Å². The fourth-order valence-corrected chi connectivity index (χ4v) is 4.44. The fourth-order valence-electron chi connectivity index (χ4n) is 4.44. The van der Waals surface area contributed by atoms with Gasteiger partial charge in [0.15, 0.2) is 0 Å². The number of esters is 1. The first-order valence-electron chi connectivity index (χ1n) is 10.8. The molecule has 1 aromatic carbocycles. The highest BCUT2D eigenvalue weighted by Gasteiger charge is 2.36. The molecule has 0 N–H and O–H groups in total. The van der Waals surface area contributed by atoms with E-state index >= 15 is 0 Å². The molecule has 0 radical (unpaired) electrons. The summed E-state index contributed by atoms with van der Waals surface area (Å²) in [4.78, 5) is 19.7. The second-order valence-corrected chi connectivity index (χ2v) is 8.63. The number of ether oxygens (including phenoxy) is 1. The lowest BCUT2D eigenvalue weighted by Crippen LogP contribution is -2.47. The first kappa shape index (κ1) is 22.4. The predicted molar refractivity (Wildman–Crippen MR) is 118 cm³/mol. The molecule has 0 spiro atoms. The van der Waals surface area contributed by atoms with Crippen molar-refractivity contribution >= 4 is 17.5 Å². The van der Waals surface area contributed by atoms with Crippen LogP contribution in [0, 0.1) is 24.7 Å². The first-order valence-corrected chi connectivity index (χ1v) is 10.8. The standard InChI is InChI=1S/C24H38N2O2/c1-8-23(25-7)26(21-12-10-9-11-18(21)5)19(6)24(27)28-22-15-17(4)13-14-20(22)16(2)3/h9-12,16-17,19-20,22H,8,13-15H2,1-7H3/b25-23+/t17-,19-,20+,22-/m1/s1. The molecule has 1 aromatic rings. The van der Waals surface area contributed by atoms with E-state index in [0.29, 0.717) is 17.8 Å². The largest absolute Gasteiger partial charge is 0.461 e. The molecule has 2 rings (SSSR count). The zero-order valence-electron chi connectivity index (χ0n) is 18.7. The highest BCUT2D eigenvalue weighted by atomic mass is 16.5. The number of anilines is 1. The summed E-state index contributed by atoms with van der Waals surface area (Å²) in [6.45, 7) is 12.8. The molecule has 1 aliphatic rings. The van der Waals surface area contributed by atoms with Gasteiger partial charge in [-0.05, 0) is 56.1 Å². The van der Waals surface area contributed by atoms with Crippen molar-refractivity contribution in [1.29, 1.82) is 0 Å². The molecule has 28 heavy (non-hydrogen) atoms. The van der Waals surface area contributed by atoms with Crippen molar-refractivity contribution in [3.63, 3.8) is 0 Å². The molecule has 0 unspecified atom stereocenters. The summed E-state index contributed by atoms with van der Waals surface area (Å²) in [7, 11) is 1.79. The average Bonchev–Trinajstić information content (AvgIpc) is 2.66. The number of nitrogens with zero attached hydrogens (tertiary/aromatic N) is 2. The van der Waals surface area contributed by atoms with Gasteiger partial charge >= 0.3 is 5.97 Å². The molecule has 4 atom stereocenters. The van der Waals surface area contributed by atoms with E-state index in [1.165, 1.54) is 6.42 Å². The van der Waals surface area contributed by atoms with Crippen LogP contribution in [0.3, 0.4) is 0 Å². The van der Waals surface area contributed by atoms with Crippen LogP contribution in [0.1, 0.15) is 65.9 Å². The topological polar surface area (TPSA) is 41.9 Å². The van der Waals surface area contributed by atoms with Crippen LogP contribution in [0.2, 0.25) is 0 Å². The summed E-state index contributed by atoms with van der Waals surface area (Å²) in [5, 5.41) is 0. The summed E-state index contributed by atoms with van der Waals surface area (Å²) < 4.78 is 6.14. The van der Waals surface area contributed by atoms with Crippen LogP contribution in [-0.4, -0.2) is 31.0 Å². The van der Waals surface area contributed by atoms with E-state index in [-0.39, 0.29) is 12.1 Å². The summed E-state index contributed by atoms with van der Waals surface area (Å²) >= 11 is 0. The maximum Gasteiger partial charge on any atom is 0.329 e. The molecule has 0 heterocycles. The van der Waals surface area contributed by atoms with Gasteiger partial charge in [-0.25, -0.2) is 4.79 Å². The molecule has 0 bridgehead atoms. The molecule has 0 aromatic heterocycles. The Morgan fingerprint density at radius 3 is 2.50 bits per heavy atom. The normalized spacial score (nSPS) is 24.1. The molecule has 1 fully saturated rings. The highest BCUT2D eigenvalue weighted by Crippen LogP contribution is 2.36. The van der Waals surface area contributed by atoms with E-state index in [1.807, 2.05) is 24.0 Å². The Bertz CT molecular complexity index is 683. The Morgan fingerprint density at radius 1 is 1.25 bits per heavy atom. The smallest absolute Gasteiger partial charge is 0.329 e. The summed E-state index contributed by atoms with van der Waals surface area (Å²) in [6.07, 6.45) is 4.11. The zero-order valence-corrected chi connectivity index (χ0v) is 18.7. The maximum atomic E-state index is 13.2. The molecule has 0 saturated heterocycles. The summed E-state index contributed by atoms with van der Waals surface area (Å²) in [5.74, 6) is 2.33. The highest BCUT2D eigenvalue weighted by molar-refractivity contribution is 6.03. The number of rotatable bonds is 6. The van der Waals surface area contributed by atoms with E-state index in [1.54, 1.807) is 7.05 Å². The van der Waals surface area contributed by atoms with Gasteiger partial charge < -0.3 is 9.64 Å². The molecule has 1 saturated carbocycles. The number of carbonyl (C=O) groups is 1. The third kappa shape index (κ3) is 5.15. The van der Waals surface area contributed by atoms with Crippen molar-refractivity contribution in [2.75, 3.05) is 11.9 Å². The van der Waals surface area contributed by atoms with E-state index < -0.39 is 6.04 Å². The van der Waals surface area contributed by atoms with Crippen molar-refractivity contribution in [2.45, 2.75) is 79.4 Å². The Morgan fingerprint density at radius 2 is 1.93 bits per heavy atom. The number of hydrogen-bond acceptors (Lipinski definition) is 3. The Kier molecular flexibility index (Phi) is 8.09. The van der Waals surface area contributed by atoms with Gasteiger partial charge in [-0.15, -0.1) is 0 Å². The van der Waals surface area contributed by atoms with Crippen molar-refractivity contribution < 1.29 is 9.53 Å². The minimum absolute atomic E-state index is 0.0149. The van der Waals surface area contributed by atoms with Crippen molar-refractivity contribution in [2.24, 2.45) is 22.7 Å². The number of aliphatic imine (C=N–C) groups is 1. The van der Waals surface area contributed by atoms with E-state index in [4.69, 9.17) is 4.74 Å². The molecule has 0 aliphatic heterocycles. The minimum atomic E-state index is -0.412. The Hall–Kier alpha value is -1.84. The van der Waals surface area contributed by atoms with Gasteiger partial charge in [-0.3, -0.25) is 4.99 Å². The number of amidine groups is 1. The lowest BCUT2D eigenvalue weighted by Gasteiger charge is -2.38. The SMILES string of the molecule is CC/C(=N\C)N(c1ccccc1C)[C@H](C)C(=O)O[C@@H]1C[C@H](C)CC[C@H]1C(C)C. The van der Waals surface area contributed by atoms with Gasteiger partial charge in [0.1, 0.15) is 18.0 Å². The molecule has 156 valence electrons. The van der Waals surface area contributed by atoms with E-state index in [0.717, 1.165) is 36.3 Å². The number of carbonyl (C=O) groups excluding carboxylic acids is 1. The quantitative estimate of drug-likeness (QED) is 0.361. The Labute approximate surface area is 171 Å². The third-order valence-corrected chi connectivity index (χ3v) is 6.18. The monoisotopic (exact) mass is 386 g/mol. The van der Waals surface area contributed by atoms with Crippen LogP contribution < -0.4 is 4.90 Å². The predicted octanol–water partition coefficient (Wildman–Crippen LogP) is 5.63. The third-order valence-electron chi connectivity index (χ3n) is 6.18. The second-order valence-electron chi connectivity index (χ2n) is 8.63. The number of aryl methyl sites for hydroxylation is 1. The lowest BCUT2D eigenvalue weighted by atomic mass is 9.75. The van der Waals surface area contributed by atoms with Gasteiger partial charge in [-0.1, -0.05) is 52.3 Å². The molecule has 1 aliphatic carbocycles. The van der Waals surface area contributed by atoms with Crippen LogP contribution in [0.5, 0.6) is 0 Å². The molecular formula is C24H38N2O2. The minimum Gasteiger partial charge on any atom is -0.461 e. The average molecular weight is 387 g/mol. The number of para-hydroxylation sites is 1. The first-order chi connectivity index (χ1) is 13.3. The summed E-state index contributed by atoms with van der Waals surface area (Å²) in [6, 6.07) is 7.74. The maximum absolute atomic E-state index is 13.2. The van der Waals surface area contributed by atoms with Crippen LogP contribution in [0.15, 0.2) is 29.3 Å². The van der Waals surface area contributed by atoms with Gasteiger partial charge in [0.25, 0.3) is 0 Å².